The first-order valence-electron chi connectivity index (χ1n) is 49.5. The molecule has 9 aliphatic rings. The highest BCUT2D eigenvalue weighted by atomic mass is 32.2. The molecule has 19 aromatic rings. The molecule has 0 atom stereocenters. The standard InChI is InChI=1S/C129H93N3O6S3/c1-4-7-28-79-49-61-88(62-50-79)130-109-40-19-13-34-100(109)127(101-35-14-20-41-110(101)130)106-76-85(82-58-70-118-97(73-82)91-31-10-25-46-115(91)139(118,133)134)55-67-94(106)121-124(127)122-95-68-56-86(83-59-71-119-98(74-83)92-32-11-26-47-116(92)140(119,135)136)77-107(95)128(102-36-15-21-42-111(102)131(112-43-22-16-37-103(112)128)89-63-51-80(52-64-89)29-8-5-2)126(122)123-96-69-57-87(84-60-72-120-99(75-84)93-33-12-27-48-117(93)141(120,137)138)78-108(96)129(125(121)123)104-38-17-23-44-113(104)132(114-45-24-18-39-105(114)129)90-65-53-81(54-66-90)30-9-6-3/h10-27,31-78H,4-9,28-30H2,1-3H3. The number of anilines is 9. The number of aryl methyl sites for hydroxylation is 3. The summed E-state index contributed by atoms with van der Waals surface area (Å²) in [6.45, 7) is 6.76. The lowest BCUT2D eigenvalue weighted by atomic mass is 9.58. The van der Waals surface area contributed by atoms with Gasteiger partial charge in [-0.25, -0.2) is 25.3 Å². The van der Waals surface area contributed by atoms with Crippen LogP contribution >= 0.6 is 0 Å². The normalized spacial score (nSPS) is 15.6. The van der Waals surface area contributed by atoms with E-state index in [0.717, 1.165) is 242 Å². The summed E-state index contributed by atoms with van der Waals surface area (Å²) in [6, 6.07) is 145. The highest BCUT2D eigenvalue weighted by molar-refractivity contribution is 7.92. The third-order valence-corrected chi connectivity index (χ3v) is 37.9. The van der Waals surface area contributed by atoms with Gasteiger partial charge in [-0.05, 0) is 334 Å². The van der Waals surface area contributed by atoms with E-state index in [4.69, 9.17) is 0 Å². The van der Waals surface area contributed by atoms with E-state index in [1.165, 1.54) is 16.7 Å². The van der Waals surface area contributed by atoms with Gasteiger partial charge >= 0.3 is 0 Å². The second kappa shape index (κ2) is 30.7. The molecule has 0 saturated carbocycles. The van der Waals surface area contributed by atoms with Crippen LogP contribution in [-0.2, 0) is 65.0 Å². The summed E-state index contributed by atoms with van der Waals surface area (Å²) < 4.78 is 89.4. The van der Waals surface area contributed by atoms with Crippen molar-refractivity contribution in [2.75, 3.05) is 14.7 Å². The van der Waals surface area contributed by atoms with Crippen molar-refractivity contribution in [3.63, 3.8) is 0 Å². The van der Waals surface area contributed by atoms with Gasteiger partial charge in [-0.15, -0.1) is 0 Å². The van der Waals surface area contributed by atoms with Gasteiger partial charge in [0, 0.05) is 50.4 Å². The zero-order chi connectivity index (χ0) is 94.5. The van der Waals surface area contributed by atoms with Crippen LogP contribution in [0, 0.1) is 0 Å². The molecule has 0 saturated heterocycles. The molecular weight excluding hydrogens is 1780 g/mol. The van der Waals surface area contributed by atoms with Crippen LogP contribution in [0.4, 0.5) is 51.2 Å². The molecule has 678 valence electrons. The maximum Gasteiger partial charge on any atom is 0.207 e. The quantitative estimate of drug-likeness (QED) is 0.0990. The molecule has 0 radical (unpaired) electrons. The van der Waals surface area contributed by atoms with Gasteiger partial charge in [0.1, 0.15) is 0 Å². The Morgan fingerprint density at radius 1 is 0.199 bits per heavy atom. The third-order valence-electron chi connectivity index (χ3n) is 32.2. The zero-order valence-electron chi connectivity index (χ0n) is 78.0. The van der Waals surface area contributed by atoms with Crippen LogP contribution in [0.5, 0.6) is 0 Å². The first kappa shape index (κ1) is 83.6. The fraction of sp³-hybridized carbons (Fsp3) is 0.116. The highest BCUT2D eigenvalue weighted by Gasteiger charge is 2.65. The molecule has 28 rings (SSSR count). The molecule has 0 unspecified atom stereocenters. The summed E-state index contributed by atoms with van der Waals surface area (Å²) in [6.07, 6.45) is 9.32. The number of fused-ring (bicyclic) bond motifs is 39. The Bertz CT molecular complexity index is 8100. The number of unbranched alkanes of at least 4 members (excludes halogenated alkanes) is 3. The van der Waals surface area contributed by atoms with Crippen molar-refractivity contribution >= 4 is 80.7 Å². The Kier molecular flexibility index (Phi) is 18.2. The van der Waals surface area contributed by atoms with Gasteiger partial charge in [0.15, 0.2) is 0 Å². The fourth-order valence-corrected chi connectivity index (χ4v) is 31.3. The van der Waals surface area contributed by atoms with E-state index < -0.39 is 45.8 Å². The fourth-order valence-electron chi connectivity index (χ4n) is 26.3. The van der Waals surface area contributed by atoms with Gasteiger partial charge in [-0.2, -0.15) is 0 Å². The monoisotopic (exact) mass is 1880 g/mol. The van der Waals surface area contributed by atoms with Crippen molar-refractivity contribution in [1.29, 1.82) is 0 Å². The molecule has 3 aliphatic carbocycles. The molecule has 0 aromatic heterocycles. The highest BCUT2D eigenvalue weighted by Crippen LogP contribution is 2.78. The van der Waals surface area contributed by atoms with E-state index in [1.807, 2.05) is 91.0 Å². The van der Waals surface area contributed by atoms with E-state index in [-0.39, 0.29) is 14.7 Å². The van der Waals surface area contributed by atoms with Gasteiger partial charge in [-0.3, -0.25) is 0 Å². The average Bonchev–Trinajstić information content (AvgIpc) is 1.45. The van der Waals surface area contributed by atoms with Crippen LogP contribution in [0.15, 0.2) is 430 Å². The molecular formula is C129H93N3O6S3. The van der Waals surface area contributed by atoms with Gasteiger partial charge in [0.05, 0.1) is 79.7 Å². The van der Waals surface area contributed by atoms with Gasteiger partial charge in [0.2, 0.25) is 29.5 Å². The summed E-state index contributed by atoms with van der Waals surface area (Å²) in [4.78, 5) is 9.30. The Labute approximate surface area is 822 Å². The van der Waals surface area contributed by atoms with Crippen molar-refractivity contribution in [3.8, 4) is 100 Å². The van der Waals surface area contributed by atoms with Crippen molar-refractivity contribution in [2.24, 2.45) is 0 Å². The third kappa shape index (κ3) is 11.2. The number of nitrogens with zero attached hydrogens (tertiary/aromatic N) is 3. The summed E-state index contributed by atoms with van der Waals surface area (Å²) >= 11 is 0. The minimum atomic E-state index is -3.87. The maximum absolute atomic E-state index is 14.9. The van der Waals surface area contributed by atoms with Gasteiger partial charge < -0.3 is 14.7 Å². The summed E-state index contributed by atoms with van der Waals surface area (Å²) in [7, 11) is -11.6. The van der Waals surface area contributed by atoms with E-state index in [9.17, 15) is 25.3 Å². The molecule has 0 fully saturated rings. The lowest BCUT2D eigenvalue weighted by molar-refractivity contribution is 0.597. The summed E-state index contributed by atoms with van der Waals surface area (Å²) in [5, 5.41) is 0. The maximum atomic E-state index is 14.9. The minimum absolute atomic E-state index is 0.287. The predicted octanol–water partition coefficient (Wildman–Crippen LogP) is 31.6. The van der Waals surface area contributed by atoms with Crippen LogP contribution in [0.3, 0.4) is 0 Å². The topological polar surface area (TPSA) is 112 Å². The van der Waals surface area contributed by atoms with E-state index in [1.54, 1.807) is 18.2 Å². The first-order valence-corrected chi connectivity index (χ1v) is 54.0. The predicted molar refractivity (Wildman–Crippen MR) is 568 cm³/mol. The number of hydrogen-bond acceptors (Lipinski definition) is 9. The molecule has 0 N–H and O–H groups in total. The largest absolute Gasteiger partial charge is 0.310 e. The van der Waals surface area contributed by atoms with Gasteiger partial charge in [0.25, 0.3) is 0 Å². The van der Waals surface area contributed by atoms with Crippen LogP contribution in [0.1, 0.15) is 143 Å². The molecule has 3 spiro atoms. The Morgan fingerprint density at radius 3 is 0.660 bits per heavy atom. The van der Waals surface area contributed by atoms with Crippen molar-refractivity contribution < 1.29 is 25.3 Å². The summed E-state index contributed by atoms with van der Waals surface area (Å²) in [5.41, 5.74) is 37.8. The number of sulfone groups is 3. The lowest BCUT2D eigenvalue weighted by Crippen LogP contribution is -2.39. The summed E-state index contributed by atoms with van der Waals surface area (Å²) in [5.74, 6) is 0. The number of hydrogen-bond donors (Lipinski definition) is 0. The van der Waals surface area contributed by atoms with Crippen LogP contribution in [-0.4, -0.2) is 25.3 Å². The first-order chi connectivity index (χ1) is 69.1. The molecule has 9 nitrogen and oxygen atoms in total. The second-order valence-corrected chi connectivity index (χ2v) is 45.0. The minimum Gasteiger partial charge on any atom is -0.310 e. The van der Waals surface area contributed by atoms with E-state index >= 15 is 0 Å². The second-order valence-electron chi connectivity index (χ2n) is 39.3. The number of benzene rings is 19. The molecule has 6 heterocycles. The molecule has 0 bridgehead atoms. The van der Waals surface area contributed by atoms with Crippen molar-refractivity contribution in [3.05, 3.63) is 484 Å². The van der Waals surface area contributed by atoms with Crippen LogP contribution in [0.2, 0.25) is 0 Å². The number of para-hydroxylation sites is 6. The molecule has 141 heavy (non-hydrogen) atoms. The Morgan fingerprint density at radius 2 is 0.411 bits per heavy atom. The lowest BCUT2D eigenvalue weighted by Gasteiger charge is -2.48. The van der Waals surface area contributed by atoms with Gasteiger partial charge in [-0.1, -0.05) is 295 Å². The molecule has 12 heteroatoms. The molecule has 0 amide bonds. The van der Waals surface area contributed by atoms with E-state index in [0.29, 0.717) is 48.1 Å². The SMILES string of the molecule is CCCCc1ccc(N2c3ccccc3C3(c4cc(-c5ccc6c(c5)-c5ccccc5S6(=O)=O)ccc4-c4c3c3c(c5c4C4(c6cc(-c7ccc8c(c7)-c7ccccc7S8(=O)=O)ccc6-5)c5ccccc5N(c5ccc(CCCC)cc5)c5ccccc54)C4(c5cc(-c6ccc7c(c6)-c6ccccc6S7(=O)=O)ccc5-3)c3ccccc3N(c3ccc(CCCC)cc3)c3ccccc34)c3ccccc32)cc1. The molecule has 19 aromatic carbocycles. The average molecular weight is 1880 g/mol. The number of rotatable bonds is 15. The van der Waals surface area contributed by atoms with Crippen molar-refractivity contribution in [2.45, 2.75) is 124 Å². The smallest absolute Gasteiger partial charge is 0.207 e. The Balaban J connectivity index is 0.839. The van der Waals surface area contributed by atoms with Crippen molar-refractivity contribution in [1.82, 2.24) is 0 Å². The molecule has 6 aliphatic heterocycles. The van der Waals surface area contributed by atoms with Crippen LogP contribution in [0.25, 0.3) is 100 Å². The van der Waals surface area contributed by atoms with E-state index in [2.05, 4.69) is 327 Å². The Hall–Kier alpha value is -15.6. The van der Waals surface area contributed by atoms with Crippen LogP contribution < -0.4 is 14.7 Å². The zero-order valence-corrected chi connectivity index (χ0v) is 80.4.